The third-order valence-electron chi connectivity index (χ3n) is 7.80. The van der Waals surface area contributed by atoms with Crippen molar-refractivity contribution in [3.05, 3.63) is 101 Å². The molecule has 36 heavy (non-hydrogen) atoms. The molecule has 6 rings (SSSR count). The van der Waals surface area contributed by atoms with Gasteiger partial charge in [-0.3, -0.25) is 9.59 Å². The van der Waals surface area contributed by atoms with Crippen molar-refractivity contribution in [2.45, 2.75) is 31.8 Å². The zero-order chi connectivity index (χ0) is 25.0. The highest BCUT2D eigenvalue weighted by molar-refractivity contribution is 6.01. The number of hydrogen-bond acceptors (Lipinski definition) is 3. The Hall–Kier alpha value is -4.06. The lowest BCUT2D eigenvalue weighted by atomic mass is 9.76. The van der Waals surface area contributed by atoms with E-state index in [0.29, 0.717) is 13.1 Å². The van der Waals surface area contributed by atoms with E-state index in [9.17, 15) is 9.59 Å². The lowest BCUT2D eigenvalue weighted by Crippen LogP contribution is -2.67. The molecule has 1 fully saturated rings. The minimum atomic E-state index is -1.11. The maximum atomic E-state index is 14.2. The molecule has 1 saturated heterocycles. The molecule has 182 valence electrons. The minimum Gasteiger partial charge on any atom is -0.497 e. The van der Waals surface area contributed by atoms with Gasteiger partial charge < -0.3 is 19.5 Å². The van der Waals surface area contributed by atoms with Crippen molar-refractivity contribution in [2.75, 3.05) is 20.2 Å². The van der Waals surface area contributed by atoms with Crippen LogP contribution in [0.25, 0.3) is 10.9 Å². The van der Waals surface area contributed by atoms with Gasteiger partial charge >= 0.3 is 0 Å². The monoisotopic (exact) mass is 479 g/mol. The number of carbonyl (C=O) groups is 2. The Bertz CT molecular complexity index is 1490. The number of rotatable bonds is 4. The predicted octanol–water partition coefficient (Wildman–Crippen LogP) is 4.72. The van der Waals surface area contributed by atoms with Gasteiger partial charge in [-0.25, -0.2) is 0 Å². The lowest BCUT2D eigenvalue weighted by molar-refractivity contribution is -0.166. The van der Waals surface area contributed by atoms with Crippen molar-refractivity contribution in [1.29, 1.82) is 0 Å². The van der Waals surface area contributed by atoms with Gasteiger partial charge in [0.2, 0.25) is 5.91 Å². The Labute approximate surface area is 210 Å². The molecule has 0 bridgehead atoms. The molecule has 1 aromatic heterocycles. The summed E-state index contributed by atoms with van der Waals surface area (Å²) >= 11 is 0. The maximum Gasteiger partial charge on any atom is 0.255 e. The van der Waals surface area contributed by atoms with Crippen molar-refractivity contribution < 1.29 is 14.3 Å². The van der Waals surface area contributed by atoms with E-state index in [1.54, 1.807) is 16.9 Å². The summed E-state index contributed by atoms with van der Waals surface area (Å²) in [7, 11) is 1.62. The number of nitrogens with zero attached hydrogens (tertiary/aromatic N) is 2. The average molecular weight is 480 g/mol. The van der Waals surface area contributed by atoms with Crippen LogP contribution in [0.5, 0.6) is 5.75 Å². The van der Waals surface area contributed by atoms with Crippen molar-refractivity contribution in [1.82, 2.24) is 14.8 Å². The maximum absolute atomic E-state index is 14.2. The zero-order valence-electron chi connectivity index (χ0n) is 20.7. The molecular formula is C30H29N3O3. The number of methoxy groups -OCH3 is 1. The van der Waals surface area contributed by atoms with Gasteiger partial charge in [-0.1, -0.05) is 60.2 Å². The van der Waals surface area contributed by atoms with Crippen LogP contribution in [0, 0.1) is 6.92 Å². The second kappa shape index (κ2) is 8.26. The molecular weight excluding hydrogens is 450 g/mol. The van der Waals surface area contributed by atoms with Crippen LogP contribution in [0.3, 0.4) is 0 Å². The number of hydrogen-bond donors (Lipinski definition) is 1. The number of carbonyl (C=O) groups excluding carboxylic acids is 2. The van der Waals surface area contributed by atoms with Crippen molar-refractivity contribution in [3.8, 4) is 5.75 Å². The molecule has 2 atom stereocenters. The first-order valence-electron chi connectivity index (χ1n) is 12.3. The highest BCUT2D eigenvalue weighted by Gasteiger charge is 2.56. The molecule has 6 nitrogen and oxygen atoms in total. The quantitative estimate of drug-likeness (QED) is 0.461. The molecule has 3 heterocycles. The van der Waals surface area contributed by atoms with E-state index in [2.05, 4.69) is 42.2 Å². The third kappa shape index (κ3) is 3.32. The number of amides is 2. The van der Waals surface area contributed by atoms with E-state index in [4.69, 9.17) is 4.74 Å². The van der Waals surface area contributed by atoms with E-state index in [0.717, 1.165) is 39.0 Å². The second-order valence-electron chi connectivity index (χ2n) is 10.0. The molecule has 0 saturated carbocycles. The van der Waals surface area contributed by atoms with Crippen LogP contribution in [0.4, 0.5) is 0 Å². The molecule has 2 aliphatic rings. The summed E-state index contributed by atoms with van der Waals surface area (Å²) in [6, 6.07) is 24.3. The molecule has 0 aliphatic carbocycles. The van der Waals surface area contributed by atoms with Gasteiger partial charge in [-0.05, 0) is 48.7 Å². The summed E-state index contributed by atoms with van der Waals surface area (Å²) in [6.45, 7) is 4.84. The van der Waals surface area contributed by atoms with E-state index < -0.39 is 5.54 Å². The summed E-state index contributed by atoms with van der Waals surface area (Å²) in [5, 5.41) is 1.10. The fourth-order valence-electron chi connectivity index (χ4n) is 5.89. The summed E-state index contributed by atoms with van der Waals surface area (Å²) in [5.41, 5.74) is 5.06. The number of fused-ring (bicyclic) bond motifs is 5. The number of nitrogens with one attached hydrogen (secondary N) is 1. The first-order chi connectivity index (χ1) is 17.4. The summed E-state index contributed by atoms with van der Waals surface area (Å²) in [5.74, 6) is 0.598. The molecule has 0 radical (unpaired) electrons. The van der Waals surface area contributed by atoms with E-state index in [1.807, 2.05) is 49.4 Å². The Morgan fingerprint density at radius 2 is 1.81 bits per heavy atom. The normalized spacial score (nSPS) is 21.5. The topological polar surface area (TPSA) is 65.6 Å². The van der Waals surface area contributed by atoms with Crippen LogP contribution in [0.2, 0.25) is 0 Å². The predicted molar refractivity (Wildman–Crippen MR) is 139 cm³/mol. The Morgan fingerprint density at radius 1 is 1.03 bits per heavy atom. The fourth-order valence-corrected chi connectivity index (χ4v) is 5.89. The van der Waals surface area contributed by atoms with Crippen LogP contribution in [0.1, 0.15) is 40.8 Å². The van der Waals surface area contributed by atoms with Crippen molar-refractivity contribution >= 4 is 22.7 Å². The molecule has 2 amide bonds. The first kappa shape index (κ1) is 22.4. The lowest BCUT2D eigenvalue weighted by Gasteiger charge is -2.51. The van der Waals surface area contributed by atoms with E-state index in [-0.39, 0.29) is 24.3 Å². The van der Waals surface area contributed by atoms with Gasteiger partial charge in [0, 0.05) is 29.9 Å². The molecule has 4 aromatic rings. The first-order valence-corrected chi connectivity index (χ1v) is 12.3. The van der Waals surface area contributed by atoms with Crippen molar-refractivity contribution in [2.24, 2.45) is 0 Å². The minimum absolute atomic E-state index is 0.0218. The third-order valence-corrected chi connectivity index (χ3v) is 7.80. The summed E-state index contributed by atoms with van der Waals surface area (Å²) in [4.78, 5) is 34.9. The number of aromatic amines is 1. The van der Waals surface area contributed by atoms with Gasteiger partial charge in [0.05, 0.1) is 12.8 Å². The molecule has 1 N–H and O–H groups in total. The number of benzene rings is 3. The van der Waals surface area contributed by atoms with Gasteiger partial charge in [-0.2, -0.15) is 0 Å². The van der Waals surface area contributed by atoms with E-state index in [1.165, 1.54) is 5.56 Å². The summed E-state index contributed by atoms with van der Waals surface area (Å²) in [6.07, 6.45) is 0. The Kier molecular flexibility index (Phi) is 5.14. The molecule has 2 aliphatic heterocycles. The van der Waals surface area contributed by atoms with E-state index >= 15 is 0 Å². The van der Waals surface area contributed by atoms with Crippen LogP contribution in [0.15, 0.2) is 72.8 Å². The van der Waals surface area contributed by atoms with Crippen LogP contribution in [-0.4, -0.2) is 46.8 Å². The second-order valence-corrected chi connectivity index (χ2v) is 10.0. The van der Waals surface area contributed by atoms with Gasteiger partial charge in [0.15, 0.2) is 5.54 Å². The average Bonchev–Trinajstić information content (AvgIpc) is 3.29. The molecule has 3 aromatic carbocycles. The smallest absolute Gasteiger partial charge is 0.255 e. The summed E-state index contributed by atoms with van der Waals surface area (Å²) < 4.78 is 5.36. The largest absolute Gasteiger partial charge is 0.497 e. The molecule has 0 spiro atoms. The number of aryl methyl sites for hydroxylation is 1. The zero-order valence-corrected chi connectivity index (χ0v) is 20.7. The van der Waals surface area contributed by atoms with Crippen LogP contribution >= 0.6 is 0 Å². The Balaban J connectivity index is 1.48. The molecule has 0 unspecified atom stereocenters. The highest BCUT2D eigenvalue weighted by Crippen LogP contribution is 2.48. The number of para-hydroxylation sites is 1. The van der Waals surface area contributed by atoms with Crippen molar-refractivity contribution in [3.63, 3.8) is 0 Å². The van der Waals surface area contributed by atoms with Gasteiger partial charge in [0.25, 0.3) is 5.91 Å². The SMILES string of the molecule is COc1cccc(CN2CC(=O)N3C[C@H](c4ccc(C)cc4)c4c([nH]c5ccccc45)[C@@]3(C)C2=O)c1. The number of aromatic nitrogens is 1. The van der Waals surface area contributed by atoms with Gasteiger partial charge in [-0.15, -0.1) is 0 Å². The van der Waals surface area contributed by atoms with Crippen LogP contribution < -0.4 is 4.74 Å². The standard InChI is InChI=1S/C30H29N3O3/c1-19-11-13-21(14-12-19)24-17-33-26(34)18-32(16-20-7-6-8-22(15-20)36-3)29(35)30(33,2)28-27(24)23-9-4-5-10-25(23)31-28/h4-15,24,31H,16-18H2,1-3H3/t24-,30+/m1/s1. The molecule has 6 heteroatoms. The highest BCUT2D eigenvalue weighted by atomic mass is 16.5. The fraction of sp³-hybridized carbons (Fsp3) is 0.267. The van der Waals surface area contributed by atoms with Crippen LogP contribution in [-0.2, 0) is 21.7 Å². The number of piperazine rings is 1. The number of H-pyrrole nitrogens is 1. The Morgan fingerprint density at radius 3 is 2.58 bits per heavy atom. The number of ether oxygens (including phenoxy) is 1. The van der Waals surface area contributed by atoms with Gasteiger partial charge in [0.1, 0.15) is 12.3 Å².